The molecule has 0 aliphatic heterocycles. The van der Waals surface area contributed by atoms with Gasteiger partial charge in [-0.3, -0.25) is 9.78 Å². The van der Waals surface area contributed by atoms with E-state index in [4.69, 9.17) is 10.9 Å². The van der Waals surface area contributed by atoms with Crippen LogP contribution in [0.15, 0.2) is 23.4 Å². The van der Waals surface area contributed by atoms with E-state index in [1.807, 2.05) is 25.1 Å². The molecule has 114 valence electrons. The minimum Gasteiger partial charge on any atom is -0.409 e. The molecule has 4 N–H and O–H groups in total. The van der Waals surface area contributed by atoms with Crippen LogP contribution < -0.4 is 11.1 Å². The van der Waals surface area contributed by atoms with Gasteiger partial charge >= 0.3 is 0 Å². The molecule has 0 bridgehead atoms. The summed E-state index contributed by atoms with van der Waals surface area (Å²) in [5.74, 6) is -0.169. The quantitative estimate of drug-likeness (QED) is 0.340. The maximum Gasteiger partial charge on any atom is 0.234 e. The Bertz CT molecular complexity index is 536. The van der Waals surface area contributed by atoms with Crippen LogP contribution in [0, 0.1) is 12.3 Å². The summed E-state index contributed by atoms with van der Waals surface area (Å²) < 4.78 is 0. The minimum absolute atomic E-state index is 0.0110. The summed E-state index contributed by atoms with van der Waals surface area (Å²) in [4.78, 5) is 16.9. The maximum absolute atomic E-state index is 12.6. The zero-order valence-electron chi connectivity index (χ0n) is 12.3. The lowest BCUT2D eigenvalue weighted by atomic mass is 9.72. The van der Waals surface area contributed by atoms with Gasteiger partial charge < -0.3 is 16.3 Å². The third kappa shape index (κ3) is 3.32. The molecule has 21 heavy (non-hydrogen) atoms. The number of nitrogens with zero attached hydrogens (tertiary/aromatic N) is 2. The molecule has 1 fully saturated rings. The summed E-state index contributed by atoms with van der Waals surface area (Å²) in [7, 11) is 0. The smallest absolute Gasteiger partial charge is 0.234 e. The van der Waals surface area contributed by atoms with Gasteiger partial charge in [0.1, 0.15) is 5.41 Å². The Hall–Kier alpha value is -2.11. The van der Waals surface area contributed by atoms with Gasteiger partial charge in [-0.2, -0.15) is 0 Å². The molecule has 6 nitrogen and oxygen atoms in total. The van der Waals surface area contributed by atoms with Crippen molar-refractivity contribution in [2.45, 2.75) is 45.6 Å². The van der Waals surface area contributed by atoms with Crippen molar-refractivity contribution < 1.29 is 10.0 Å². The van der Waals surface area contributed by atoms with Crippen LogP contribution in [0.5, 0.6) is 0 Å². The average Bonchev–Trinajstić information content (AvgIpc) is 2.52. The van der Waals surface area contributed by atoms with Crippen LogP contribution in [0.1, 0.15) is 43.5 Å². The van der Waals surface area contributed by atoms with Crippen LogP contribution in [0.25, 0.3) is 0 Å². The second kappa shape index (κ2) is 6.56. The lowest BCUT2D eigenvalue weighted by Crippen LogP contribution is -2.50. The van der Waals surface area contributed by atoms with Gasteiger partial charge in [0, 0.05) is 5.69 Å². The monoisotopic (exact) mass is 290 g/mol. The highest BCUT2D eigenvalue weighted by Crippen LogP contribution is 2.36. The topological polar surface area (TPSA) is 101 Å². The summed E-state index contributed by atoms with van der Waals surface area (Å²) in [5, 5.41) is 15.0. The van der Waals surface area contributed by atoms with E-state index in [1.54, 1.807) is 0 Å². The number of amides is 1. The van der Waals surface area contributed by atoms with E-state index in [1.165, 1.54) is 0 Å². The number of aryl methyl sites for hydroxylation is 1. The predicted octanol–water partition coefficient (Wildman–Crippen LogP) is 1.70. The van der Waals surface area contributed by atoms with Crippen molar-refractivity contribution in [2.24, 2.45) is 16.3 Å². The fourth-order valence-corrected chi connectivity index (χ4v) is 2.89. The molecule has 1 heterocycles. The highest BCUT2D eigenvalue weighted by molar-refractivity contribution is 6.06. The summed E-state index contributed by atoms with van der Waals surface area (Å²) in [5.41, 5.74) is 6.63. The Morgan fingerprint density at radius 3 is 2.76 bits per heavy atom. The van der Waals surface area contributed by atoms with Gasteiger partial charge in [-0.1, -0.05) is 30.5 Å². The first-order valence-electron chi connectivity index (χ1n) is 7.27. The molecule has 0 atom stereocenters. The number of hydrogen-bond donors (Lipinski definition) is 3. The summed E-state index contributed by atoms with van der Waals surface area (Å²) in [6.45, 7) is 2.26. The van der Waals surface area contributed by atoms with E-state index >= 15 is 0 Å². The molecule has 0 radical (unpaired) electrons. The second-order valence-electron chi connectivity index (χ2n) is 5.58. The van der Waals surface area contributed by atoms with E-state index in [0.29, 0.717) is 19.4 Å². The lowest BCUT2D eigenvalue weighted by Gasteiger charge is -2.34. The molecular formula is C15H22N4O2. The van der Waals surface area contributed by atoms with Crippen molar-refractivity contribution in [1.29, 1.82) is 0 Å². The molecule has 1 aromatic heterocycles. The first-order valence-corrected chi connectivity index (χ1v) is 7.27. The number of nitrogens with one attached hydrogen (secondary N) is 1. The van der Waals surface area contributed by atoms with E-state index in [2.05, 4.69) is 15.5 Å². The van der Waals surface area contributed by atoms with Crippen molar-refractivity contribution in [3.05, 3.63) is 29.6 Å². The normalized spacial score (nSPS) is 18.2. The molecule has 1 aromatic rings. The van der Waals surface area contributed by atoms with Crippen LogP contribution in [-0.2, 0) is 11.3 Å². The largest absolute Gasteiger partial charge is 0.409 e. The standard InChI is InChI=1S/C15H22N4O2/c1-11-6-5-7-12(18-11)10-17-14(20)15(13(16)19-21)8-3-2-4-9-15/h5-7,21H,2-4,8-10H2,1H3,(H2,16,19)(H,17,20). The fraction of sp³-hybridized carbons (Fsp3) is 0.533. The first-order chi connectivity index (χ1) is 10.1. The Kier molecular flexibility index (Phi) is 4.77. The molecule has 1 amide bonds. The molecule has 1 saturated carbocycles. The highest BCUT2D eigenvalue weighted by atomic mass is 16.4. The molecule has 1 aliphatic carbocycles. The molecule has 6 heteroatoms. The van der Waals surface area contributed by atoms with Crippen LogP contribution in [0.4, 0.5) is 0 Å². The highest BCUT2D eigenvalue weighted by Gasteiger charge is 2.43. The molecular weight excluding hydrogens is 268 g/mol. The van der Waals surface area contributed by atoms with E-state index in [0.717, 1.165) is 30.7 Å². The lowest BCUT2D eigenvalue weighted by molar-refractivity contribution is -0.129. The number of amidine groups is 1. The molecule has 1 aliphatic rings. The number of nitrogens with two attached hydrogens (primary N) is 1. The Morgan fingerprint density at radius 1 is 1.43 bits per heavy atom. The van der Waals surface area contributed by atoms with Crippen LogP contribution >= 0.6 is 0 Å². The first kappa shape index (κ1) is 15.3. The van der Waals surface area contributed by atoms with Gasteiger partial charge in [-0.15, -0.1) is 0 Å². The Balaban J connectivity index is 2.09. The number of oxime groups is 1. The van der Waals surface area contributed by atoms with Gasteiger partial charge in [-0.25, -0.2) is 0 Å². The van der Waals surface area contributed by atoms with Gasteiger partial charge in [0.15, 0.2) is 5.84 Å². The fourth-order valence-electron chi connectivity index (χ4n) is 2.89. The summed E-state index contributed by atoms with van der Waals surface area (Å²) in [6.07, 6.45) is 4.14. The molecule has 0 aromatic carbocycles. The summed E-state index contributed by atoms with van der Waals surface area (Å²) >= 11 is 0. The van der Waals surface area contributed by atoms with Crippen molar-refractivity contribution in [2.75, 3.05) is 0 Å². The van der Waals surface area contributed by atoms with E-state index < -0.39 is 5.41 Å². The number of hydrogen-bond acceptors (Lipinski definition) is 4. The average molecular weight is 290 g/mol. The predicted molar refractivity (Wildman–Crippen MR) is 79.7 cm³/mol. The minimum atomic E-state index is -0.878. The number of carbonyl (C=O) groups is 1. The van der Waals surface area contributed by atoms with Gasteiger partial charge in [0.2, 0.25) is 5.91 Å². The molecule has 0 spiro atoms. The van der Waals surface area contributed by atoms with Crippen LogP contribution in [0.3, 0.4) is 0 Å². The van der Waals surface area contributed by atoms with Crippen molar-refractivity contribution in [3.63, 3.8) is 0 Å². The van der Waals surface area contributed by atoms with Crippen molar-refractivity contribution in [3.8, 4) is 0 Å². The SMILES string of the molecule is Cc1cccc(CNC(=O)C2(C(N)=NO)CCCCC2)n1. The van der Waals surface area contributed by atoms with Gasteiger partial charge in [0.05, 0.1) is 12.2 Å². The second-order valence-corrected chi connectivity index (χ2v) is 5.58. The zero-order chi connectivity index (χ0) is 15.3. The van der Waals surface area contributed by atoms with Gasteiger partial charge in [0.25, 0.3) is 0 Å². The van der Waals surface area contributed by atoms with Crippen LogP contribution in [-0.4, -0.2) is 21.9 Å². The van der Waals surface area contributed by atoms with E-state index in [-0.39, 0.29) is 11.7 Å². The van der Waals surface area contributed by atoms with Crippen molar-refractivity contribution in [1.82, 2.24) is 10.3 Å². The molecule has 0 unspecified atom stereocenters. The Morgan fingerprint density at radius 2 is 2.14 bits per heavy atom. The third-order valence-corrected chi connectivity index (χ3v) is 4.12. The number of carbonyl (C=O) groups excluding carboxylic acids is 1. The Labute approximate surface area is 124 Å². The number of rotatable bonds is 4. The summed E-state index contributed by atoms with van der Waals surface area (Å²) in [6, 6.07) is 5.68. The zero-order valence-corrected chi connectivity index (χ0v) is 12.3. The third-order valence-electron chi connectivity index (χ3n) is 4.12. The van der Waals surface area contributed by atoms with Crippen LogP contribution in [0.2, 0.25) is 0 Å². The van der Waals surface area contributed by atoms with E-state index in [9.17, 15) is 4.79 Å². The molecule has 0 saturated heterocycles. The molecule has 2 rings (SSSR count). The number of pyridine rings is 1. The maximum atomic E-state index is 12.6. The number of aromatic nitrogens is 1. The van der Waals surface area contributed by atoms with Crippen molar-refractivity contribution >= 4 is 11.7 Å². The van der Waals surface area contributed by atoms with Gasteiger partial charge in [-0.05, 0) is 31.9 Å².